The predicted molar refractivity (Wildman–Crippen MR) is 284 cm³/mol. The summed E-state index contributed by atoms with van der Waals surface area (Å²) >= 11 is 12.9. The number of hydrogen-bond donors (Lipinski definition) is 2. The van der Waals surface area contributed by atoms with Gasteiger partial charge in [-0.3, -0.25) is 0 Å². The summed E-state index contributed by atoms with van der Waals surface area (Å²) in [4.78, 5) is 0.693. The molecule has 0 amide bonds. The zero-order valence-electron chi connectivity index (χ0n) is 39.4. The first-order valence-corrected chi connectivity index (χ1v) is 29.7. The number of anilines is 2. The van der Waals surface area contributed by atoms with E-state index < -0.39 is 48.9 Å². The molecule has 5 heterocycles. The van der Waals surface area contributed by atoms with Crippen molar-refractivity contribution in [1.29, 1.82) is 0 Å². The molecule has 7 rings (SSSR count). The van der Waals surface area contributed by atoms with Gasteiger partial charge in [0.15, 0.2) is 0 Å². The van der Waals surface area contributed by atoms with Crippen molar-refractivity contribution in [3.05, 3.63) is 96.5 Å². The minimum atomic E-state index is -3.52. The van der Waals surface area contributed by atoms with Gasteiger partial charge in [-0.1, -0.05) is 0 Å². The number of hydrogen-bond acceptors (Lipinski definition) is 15. The zero-order chi connectivity index (χ0) is 52.2. The second kappa shape index (κ2) is 25.1. The molecule has 0 atom stereocenters. The average molecular weight is 1330 g/mol. The van der Waals surface area contributed by atoms with Gasteiger partial charge in [0, 0.05) is 83.7 Å². The van der Waals surface area contributed by atoms with E-state index in [1.165, 1.54) is 80.2 Å². The Kier molecular flexibility index (Phi) is 23.3. The molecule has 2 aromatic carbocycles. The molecule has 2 saturated heterocycles. The smallest absolute Gasteiger partial charge is 0.405 e. The number of thiophene rings is 3. The summed E-state index contributed by atoms with van der Waals surface area (Å²) in [5.41, 5.74) is 11.0. The van der Waals surface area contributed by atoms with Crippen LogP contribution in [0.4, 0.5) is 20.2 Å². The van der Waals surface area contributed by atoms with Crippen LogP contribution in [0.5, 0.6) is 0 Å². The van der Waals surface area contributed by atoms with Crippen molar-refractivity contribution < 1.29 is 71.2 Å². The third-order valence-electron chi connectivity index (χ3n) is 10.4. The largest absolute Gasteiger partial charge is 0.488 e. The van der Waals surface area contributed by atoms with Gasteiger partial charge in [0.25, 0.3) is 29.1 Å². The molecule has 2 aliphatic heterocycles. The fraction of sp³-hybridized carbons (Fsp3) is 0.400. The second-order valence-corrected chi connectivity index (χ2v) is 31.3. The zero-order valence-corrected chi connectivity index (χ0v) is 51.2. The molecule has 14 nitrogen and oxygen atoms in total. The Morgan fingerprint density at radius 2 is 0.899 bits per heavy atom. The van der Waals surface area contributed by atoms with Crippen LogP contribution < -0.4 is 11.5 Å². The van der Waals surface area contributed by atoms with Gasteiger partial charge >= 0.3 is 14.0 Å². The molecule has 0 saturated carbocycles. The van der Waals surface area contributed by atoms with Crippen molar-refractivity contribution >= 4 is 147 Å². The minimum absolute atomic E-state index is 0. The van der Waals surface area contributed by atoms with Gasteiger partial charge in [0.2, 0.25) is 0 Å². The fourth-order valence-electron chi connectivity index (χ4n) is 5.10. The molecule has 0 unspecified atom stereocenters. The molecule has 381 valence electrons. The maximum absolute atomic E-state index is 13.0. The summed E-state index contributed by atoms with van der Waals surface area (Å²) in [7, 11) is -0.142. The van der Waals surface area contributed by atoms with Crippen molar-refractivity contribution in [2.75, 3.05) is 39.7 Å². The Hall–Kier alpha value is -0.946. The monoisotopic (exact) mass is 1320 g/mol. The van der Waals surface area contributed by atoms with Crippen molar-refractivity contribution in [2.24, 2.45) is 0 Å². The molecule has 0 spiro atoms. The van der Waals surface area contributed by atoms with Crippen LogP contribution >= 0.6 is 92.5 Å². The molecule has 1 radical (unpaired) electrons. The van der Waals surface area contributed by atoms with E-state index in [0.29, 0.717) is 20.3 Å². The summed E-state index contributed by atoms with van der Waals surface area (Å²) in [6.45, 7) is 16.2. The summed E-state index contributed by atoms with van der Waals surface area (Å²) in [5, 5.41) is 0. The number of nitrogens with zero attached hydrogens (tertiary/aromatic N) is 2. The molecule has 29 heteroatoms. The maximum Gasteiger partial charge on any atom is 0.488 e. The standard InChI is InChI=1S/C12H24B2O4.C12H13FN2O2S2.C6H5BrFN.C6H8BrNO2S2.C4H2BrClO2S2.V/c1-9(2)10(3,4)16-13(15-9)14-17-11(5,6)12(7,8)18-14;1-15(2)19(16,17)12-6-5-11(18-12)9-4-3-8(13)7-10(9)14;7-5-2-1-4(8)3-6(5)9;1-8(2)12(9,10)6-4-3-5(7)11-6;5-3-1-2-4(9-3)10(6,7)8;/h1-8H3;3-7H,14H2,1-2H3;1-3H,9H2;3-4H,1-2H3;1-2H;. The van der Waals surface area contributed by atoms with Gasteiger partial charge in [-0.25, -0.2) is 42.6 Å². The van der Waals surface area contributed by atoms with Gasteiger partial charge in [0.1, 0.15) is 24.3 Å². The number of rotatable bonds is 7. The molecule has 3 aromatic heterocycles. The Balaban J connectivity index is 0.000000304. The van der Waals surface area contributed by atoms with Crippen LogP contribution in [0, 0.1) is 11.6 Å². The van der Waals surface area contributed by atoms with Gasteiger partial charge in [0.05, 0.1) is 30.0 Å². The van der Waals surface area contributed by atoms with Crippen molar-refractivity contribution in [3.63, 3.8) is 0 Å². The molecular weight excluding hydrogens is 1270 g/mol. The first-order valence-electron chi connectivity index (χ1n) is 19.7. The molecule has 0 bridgehead atoms. The van der Waals surface area contributed by atoms with Crippen LogP contribution in [-0.4, -0.2) is 98.5 Å². The van der Waals surface area contributed by atoms with Crippen molar-refractivity contribution in [1.82, 2.24) is 8.61 Å². The van der Waals surface area contributed by atoms with Gasteiger partial charge in [-0.2, -0.15) is 0 Å². The van der Waals surface area contributed by atoms with Gasteiger partial charge in [-0.05, 0) is 176 Å². The first kappa shape index (κ1) is 64.2. The Labute approximate surface area is 459 Å². The van der Waals surface area contributed by atoms with Crippen molar-refractivity contribution in [3.8, 4) is 10.4 Å². The summed E-state index contributed by atoms with van der Waals surface area (Å²) < 4.78 is 123. The van der Waals surface area contributed by atoms with Gasteiger partial charge < -0.3 is 30.1 Å². The number of sulfonamides is 2. The summed E-state index contributed by atoms with van der Waals surface area (Å²) in [5.74, 6) is -0.727. The van der Waals surface area contributed by atoms with E-state index in [1.54, 1.807) is 36.4 Å². The molecule has 5 aromatic rings. The predicted octanol–water partition coefficient (Wildman–Crippen LogP) is 11.0. The fourth-order valence-corrected chi connectivity index (χ4v) is 13.8. The van der Waals surface area contributed by atoms with Crippen LogP contribution in [0.2, 0.25) is 0 Å². The first-order chi connectivity index (χ1) is 30.8. The van der Waals surface area contributed by atoms with E-state index in [1.807, 2.05) is 55.4 Å². The third-order valence-corrected chi connectivity index (χ3v) is 22.1. The normalized spacial score (nSPS) is 16.8. The van der Waals surface area contributed by atoms with E-state index in [4.69, 9.17) is 40.8 Å². The van der Waals surface area contributed by atoms with E-state index in [-0.39, 0.29) is 60.9 Å². The number of benzene rings is 2. The topological polar surface area (TPSA) is 198 Å². The average Bonchev–Trinajstić information content (AvgIpc) is 4.03. The molecule has 2 aliphatic rings. The number of nitrogen functional groups attached to an aromatic ring is 2. The molecule has 2 fully saturated rings. The van der Waals surface area contributed by atoms with Crippen LogP contribution in [0.15, 0.2) is 97.5 Å². The van der Waals surface area contributed by atoms with Crippen LogP contribution in [0.1, 0.15) is 55.4 Å². The minimum Gasteiger partial charge on any atom is -0.405 e. The Morgan fingerprint density at radius 3 is 1.20 bits per heavy atom. The third kappa shape index (κ3) is 17.3. The van der Waals surface area contributed by atoms with E-state index in [2.05, 4.69) is 47.8 Å². The Bertz CT molecular complexity index is 2810. The van der Waals surface area contributed by atoms with Crippen molar-refractivity contribution in [2.45, 2.75) is 90.4 Å². The quantitative estimate of drug-likeness (QED) is 0.0890. The number of nitrogens with two attached hydrogens (primary N) is 2. The Morgan fingerprint density at radius 1 is 0.551 bits per heavy atom. The van der Waals surface area contributed by atoms with Crippen LogP contribution in [0.25, 0.3) is 10.4 Å². The second-order valence-electron chi connectivity index (χ2n) is 16.9. The molecular formula is C40H52B2Br3ClF2N4O10S6V. The molecule has 69 heavy (non-hydrogen) atoms. The van der Waals surface area contributed by atoms with Crippen LogP contribution in [-0.2, 0) is 66.3 Å². The maximum atomic E-state index is 13.0. The SMILES string of the molecule is CC1(C)OB(B2OC(C)(C)C(C)(C)O2)OC1(C)C.CN(C)S(=O)(=O)c1ccc(-c2ccc(F)cc2N)s1.CN(C)S(=O)(=O)c1ccc(Br)s1.Nc1cc(F)ccc1Br.O=S(=O)(Cl)c1ccc(Br)s1.[V]. The van der Waals surface area contributed by atoms with E-state index in [9.17, 15) is 34.0 Å². The molecule has 4 N–H and O–H groups in total. The summed E-state index contributed by atoms with van der Waals surface area (Å²) in [6.07, 6.45) is 0. The summed E-state index contributed by atoms with van der Waals surface area (Å²) in [6, 6.07) is 17.9. The van der Waals surface area contributed by atoms with E-state index >= 15 is 0 Å². The van der Waals surface area contributed by atoms with Gasteiger partial charge in [-0.15, -0.1) is 34.0 Å². The van der Waals surface area contributed by atoms with Crippen LogP contribution in [0.3, 0.4) is 0 Å². The number of halogens is 6. The van der Waals surface area contributed by atoms with E-state index in [0.717, 1.165) is 39.0 Å². The molecule has 0 aliphatic carbocycles.